The van der Waals surface area contributed by atoms with Gasteiger partial charge in [-0.1, -0.05) is 18.6 Å². The van der Waals surface area contributed by atoms with Crippen molar-refractivity contribution in [2.75, 3.05) is 19.9 Å². The van der Waals surface area contributed by atoms with Crippen LogP contribution in [0, 0.1) is 0 Å². The van der Waals surface area contributed by atoms with E-state index in [-0.39, 0.29) is 5.97 Å². The molecule has 0 atom stereocenters. The number of rotatable bonds is 6. The smallest absolute Gasteiger partial charge is 0.337 e. The van der Waals surface area contributed by atoms with Crippen LogP contribution in [-0.2, 0) is 11.3 Å². The van der Waals surface area contributed by atoms with Crippen LogP contribution in [0.1, 0.15) is 35.2 Å². The van der Waals surface area contributed by atoms with Gasteiger partial charge in [0.05, 0.1) is 12.7 Å². The van der Waals surface area contributed by atoms with Gasteiger partial charge in [0, 0.05) is 17.8 Å². The largest absolute Gasteiger partial charge is 0.465 e. The molecular weight excluding hydrogens is 258 g/mol. The van der Waals surface area contributed by atoms with E-state index in [4.69, 9.17) is 0 Å². The highest BCUT2D eigenvalue weighted by atomic mass is 32.2. The van der Waals surface area contributed by atoms with Crippen LogP contribution in [0.2, 0.25) is 0 Å². The Morgan fingerprint density at radius 3 is 2.53 bits per heavy atom. The molecule has 1 aromatic rings. The van der Waals surface area contributed by atoms with E-state index in [1.807, 2.05) is 36.0 Å². The van der Waals surface area contributed by atoms with Crippen molar-refractivity contribution in [1.82, 2.24) is 5.32 Å². The highest BCUT2D eigenvalue weighted by Crippen LogP contribution is 2.42. The summed E-state index contributed by atoms with van der Waals surface area (Å²) in [5.41, 5.74) is 1.80. The van der Waals surface area contributed by atoms with Crippen molar-refractivity contribution in [2.45, 2.75) is 30.6 Å². The Morgan fingerprint density at radius 2 is 2.05 bits per heavy atom. The van der Waals surface area contributed by atoms with Crippen molar-refractivity contribution < 1.29 is 9.53 Å². The fourth-order valence-electron chi connectivity index (χ4n) is 2.34. The van der Waals surface area contributed by atoms with Crippen LogP contribution < -0.4 is 5.32 Å². The van der Waals surface area contributed by atoms with E-state index in [0.717, 1.165) is 13.1 Å². The number of hydrogen-bond donors (Lipinski definition) is 1. The van der Waals surface area contributed by atoms with Gasteiger partial charge in [-0.2, -0.15) is 11.8 Å². The molecule has 0 unspecified atom stereocenters. The second-order valence-corrected chi connectivity index (χ2v) is 6.31. The average Bonchev–Trinajstić information content (AvgIpc) is 2.41. The molecule has 3 nitrogen and oxygen atoms in total. The first-order valence-corrected chi connectivity index (χ1v) is 7.85. The lowest BCUT2D eigenvalue weighted by Gasteiger charge is -2.40. The maximum Gasteiger partial charge on any atom is 0.337 e. The number of nitrogens with one attached hydrogen (secondary N) is 1. The van der Waals surface area contributed by atoms with E-state index >= 15 is 0 Å². The number of carbonyl (C=O) groups excluding carboxylic acids is 1. The Hall–Kier alpha value is -1.00. The fraction of sp³-hybridized carbons (Fsp3) is 0.533. The summed E-state index contributed by atoms with van der Waals surface area (Å²) in [7, 11) is 1.40. The van der Waals surface area contributed by atoms with Crippen LogP contribution >= 0.6 is 11.8 Å². The van der Waals surface area contributed by atoms with Crippen molar-refractivity contribution in [1.29, 1.82) is 0 Å². The molecule has 0 heterocycles. The summed E-state index contributed by atoms with van der Waals surface area (Å²) < 4.78 is 5.15. The normalized spacial score (nSPS) is 16.7. The molecule has 19 heavy (non-hydrogen) atoms. The number of thioether (sulfide) groups is 1. The Morgan fingerprint density at radius 1 is 1.37 bits per heavy atom. The van der Waals surface area contributed by atoms with Gasteiger partial charge < -0.3 is 10.1 Å². The van der Waals surface area contributed by atoms with Crippen LogP contribution in [0.3, 0.4) is 0 Å². The molecule has 0 aromatic heterocycles. The summed E-state index contributed by atoms with van der Waals surface area (Å²) in [6.45, 7) is 1.91. The van der Waals surface area contributed by atoms with E-state index in [9.17, 15) is 4.79 Å². The minimum atomic E-state index is -0.282. The summed E-state index contributed by atoms with van der Waals surface area (Å²) in [6.07, 6.45) is 6.20. The lowest BCUT2D eigenvalue weighted by atomic mass is 9.84. The number of methoxy groups -OCH3 is 1. The molecule has 0 radical (unpaired) electrons. The molecule has 0 bridgehead atoms. The van der Waals surface area contributed by atoms with Gasteiger partial charge in [0.25, 0.3) is 0 Å². The van der Waals surface area contributed by atoms with Gasteiger partial charge in [0.15, 0.2) is 0 Å². The molecule has 1 aromatic carbocycles. The van der Waals surface area contributed by atoms with E-state index in [1.54, 1.807) is 0 Å². The molecule has 0 saturated heterocycles. The van der Waals surface area contributed by atoms with Crippen molar-refractivity contribution in [3.8, 4) is 0 Å². The van der Waals surface area contributed by atoms with Crippen molar-refractivity contribution in [3.05, 3.63) is 35.4 Å². The Labute approximate surface area is 119 Å². The van der Waals surface area contributed by atoms with Gasteiger partial charge >= 0.3 is 5.97 Å². The zero-order chi connectivity index (χ0) is 13.7. The summed E-state index contributed by atoms with van der Waals surface area (Å²) in [4.78, 5) is 11.3. The monoisotopic (exact) mass is 279 g/mol. The van der Waals surface area contributed by atoms with E-state index < -0.39 is 0 Å². The molecule has 0 spiro atoms. The Balaban J connectivity index is 1.81. The van der Waals surface area contributed by atoms with Gasteiger partial charge in [-0.25, -0.2) is 4.79 Å². The lowest BCUT2D eigenvalue weighted by molar-refractivity contribution is 0.0600. The number of hydrogen-bond acceptors (Lipinski definition) is 4. The van der Waals surface area contributed by atoms with Crippen LogP contribution in [0.15, 0.2) is 24.3 Å². The zero-order valence-corrected chi connectivity index (χ0v) is 12.4. The van der Waals surface area contributed by atoms with E-state index in [1.165, 1.54) is 31.9 Å². The molecule has 4 heteroatoms. The maximum absolute atomic E-state index is 11.3. The number of carbonyl (C=O) groups is 1. The zero-order valence-electron chi connectivity index (χ0n) is 11.6. The summed E-state index contributed by atoms with van der Waals surface area (Å²) in [5, 5.41) is 3.52. The van der Waals surface area contributed by atoms with Crippen LogP contribution in [-0.4, -0.2) is 30.6 Å². The standard InChI is InChI=1S/C15H21NO2S/c1-18-14(17)13-6-4-12(5-7-13)10-16-11-15(19-2)8-3-9-15/h4-7,16H,3,8-11H2,1-2H3. The van der Waals surface area contributed by atoms with Crippen LogP contribution in [0.4, 0.5) is 0 Å². The van der Waals surface area contributed by atoms with E-state index in [0.29, 0.717) is 10.3 Å². The maximum atomic E-state index is 11.3. The molecule has 1 fully saturated rings. The quantitative estimate of drug-likeness (QED) is 0.813. The predicted molar refractivity (Wildman–Crippen MR) is 79.6 cm³/mol. The lowest BCUT2D eigenvalue weighted by Crippen LogP contribution is -2.43. The first-order chi connectivity index (χ1) is 9.19. The van der Waals surface area contributed by atoms with Crippen molar-refractivity contribution in [3.63, 3.8) is 0 Å². The highest BCUT2D eigenvalue weighted by molar-refractivity contribution is 8.00. The van der Waals surface area contributed by atoms with Crippen molar-refractivity contribution >= 4 is 17.7 Å². The number of benzene rings is 1. The van der Waals surface area contributed by atoms with Crippen LogP contribution in [0.25, 0.3) is 0 Å². The number of ether oxygens (including phenoxy) is 1. The SMILES string of the molecule is COC(=O)c1ccc(CNCC2(SC)CCC2)cc1. The molecule has 1 aliphatic carbocycles. The first kappa shape index (κ1) is 14.4. The average molecular weight is 279 g/mol. The van der Waals surface area contributed by atoms with E-state index in [2.05, 4.69) is 16.3 Å². The third-order valence-corrected chi connectivity index (χ3v) is 5.27. The van der Waals surface area contributed by atoms with Crippen molar-refractivity contribution in [2.24, 2.45) is 0 Å². The Kier molecular flexibility index (Phi) is 4.88. The highest BCUT2D eigenvalue weighted by Gasteiger charge is 2.35. The minimum Gasteiger partial charge on any atom is -0.465 e. The van der Waals surface area contributed by atoms with Gasteiger partial charge in [-0.15, -0.1) is 0 Å². The predicted octanol–water partition coefficient (Wildman–Crippen LogP) is 2.85. The molecule has 104 valence electrons. The second kappa shape index (κ2) is 6.44. The summed E-state index contributed by atoms with van der Waals surface area (Å²) in [6, 6.07) is 7.59. The summed E-state index contributed by atoms with van der Waals surface area (Å²) >= 11 is 1.98. The molecule has 1 saturated carbocycles. The van der Waals surface area contributed by atoms with Gasteiger partial charge in [-0.05, 0) is 36.8 Å². The number of esters is 1. The fourth-order valence-corrected chi connectivity index (χ4v) is 3.28. The second-order valence-electron chi connectivity index (χ2n) is 5.03. The third kappa shape index (κ3) is 3.51. The topological polar surface area (TPSA) is 38.3 Å². The molecule has 2 rings (SSSR count). The molecule has 0 aliphatic heterocycles. The molecule has 1 N–H and O–H groups in total. The third-order valence-electron chi connectivity index (χ3n) is 3.85. The Bertz CT molecular complexity index is 421. The van der Waals surface area contributed by atoms with Gasteiger partial charge in [0.2, 0.25) is 0 Å². The van der Waals surface area contributed by atoms with Gasteiger partial charge in [-0.3, -0.25) is 0 Å². The first-order valence-electron chi connectivity index (χ1n) is 6.62. The molecule has 1 aliphatic rings. The minimum absolute atomic E-state index is 0.282. The summed E-state index contributed by atoms with van der Waals surface area (Å²) in [5.74, 6) is -0.282. The molecule has 0 amide bonds. The molecular formula is C15H21NO2S. The van der Waals surface area contributed by atoms with Crippen LogP contribution in [0.5, 0.6) is 0 Å². The van der Waals surface area contributed by atoms with Gasteiger partial charge in [0.1, 0.15) is 0 Å².